The molecule has 5 rings (SSSR count). The van der Waals surface area contributed by atoms with Gasteiger partial charge in [-0.25, -0.2) is 13.2 Å². The van der Waals surface area contributed by atoms with Crippen molar-refractivity contribution in [3.8, 4) is 11.3 Å². The van der Waals surface area contributed by atoms with Gasteiger partial charge in [0.25, 0.3) is 5.91 Å². The van der Waals surface area contributed by atoms with Gasteiger partial charge in [0.05, 0.1) is 34.2 Å². The van der Waals surface area contributed by atoms with Gasteiger partial charge in [0.15, 0.2) is 11.6 Å². The van der Waals surface area contributed by atoms with E-state index in [1.54, 1.807) is 12.1 Å². The van der Waals surface area contributed by atoms with E-state index < -0.39 is 23.4 Å². The van der Waals surface area contributed by atoms with Crippen LogP contribution in [0.3, 0.4) is 0 Å². The number of aromatic amines is 1. The molecule has 0 atom stereocenters. The van der Waals surface area contributed by atoms with Gasteiger partial charge < -0.3 is 20.4 Å². The Bertz CT molecular complexity index is 1490. The zero-order valence-corrected chi connectivity index (χ0v) is 22.0. The Morgan fingerprint density at radius 2 is 1.79 bits per heavy atom. The Balaban J connectivity index is 1.41. The molecule has 39 heavy (non-hydrogen) atoms. The predicted octanol–water partition coefficient (Wildman–Crippen LogP) is 4.54. The van der Waals surface area contributed by atoms with E-state index in [9.17, 15) is 13.6 Å². The number of hydrogen-bond acceptors (Lipinski definition) is 6. The van der Waals surface area contributed by atoms with Crippen molar-refractivity contribution >= 4 is 28.3 Å². The van der Waals surface area contributed by atoms with Crippen LogP contribution in [0.5, 0.6) is 0 Å². The summed E-state index contributed by atoms with van der Waals surface area (Å²) in [5, 5.41) is 13.0. The summed E-state index contributed by atoms with van der Waals surface area (Å²) in [7, 11) is 2.01. The van der Waals surface area contributed by atoms with Gasteiger partial charge in [0.2, 0.25) is 0 Å². The summed E-state index contributed by atoms with van der Waals surface area (Å²) in [5.41, 5.74) is 0.919. The third-order valence-electron chi connectivity index (χ3n) is 6.82. The second kappa shape index (κ2) is 11.0. The lowest BCUT2D eigenvalue weighted by atomic mass is 10.1. The summed E-state index contributed by atoms with van der Waals surface area (Å²) in [5.74, 6) is -2.70. The Hall–Kier alpha value is -3.96. The van der Waals surface area contributed by atoms with Crippen molar-refractivity contribution in [1.29, 1.82) is 0 Å². The summed E-state index contributed by atoms with van der Waals surface area (Å²) < 4.78 is 45.4. The summed E-state index contributed by atoms with van der Waals surface area (Å²) >= 11 is 0. The van der Waals surface area contributed by atoms with E-state index in [4.69, 9.17) is 0 Å². The summed E-state index contributed by atoms with van der Waals surface area (Å²) in [4.78, 5) is 21.4. The third-order valence-corrected chi connectivity index (χ3v) is 6.82. The maximum absolute atomic E-state index is 15.4. The van der Waals surface area contributed by atoms with Crippen LogP contribution >= 0.6 is 0 Å². The molecule has 1 aliphatic rings. The maximum Gasteiger partial charge on any atom is 0.259 e. The highest BCUT2D eigenvalue weighted by Crippen LogP contribution is 2.31. The number of pyridine rings is 1. The van der Waals surface area contributed by atoms with Gasteiger partial charge >= 0.3 is 0 Å². The minimum Gasteiger partial charge on any atom is -0.367 e. The first kappa shape index (κ1) is 26.6. The van der Waals surface area contributed by atoms with Gasteiger partial charge in [-0.2, -0.15) is 5.10 Å². The summed E-state index contributed by atoms with van der Waals surface area (Å²) in [6.45, 7) is 7.11. The number of carbonyl (C=O) groups excluding carboxylic acids is 1. The molecule has 0 radical (unpaired) electrons. The molecule has 1 fully saturated rings. The first-order valence-electron chi connectivity index (χ1n) is 12.8. The minimum absolute atomic E-state index is 0.0426. The molecule has 0 spiro atoms. The van der Waals surface area contributed by atoms with Crippen LogP contribution in [0.4, 0.5) is 24.7 Å². The number of aromatic nitrogens is 3. The van der Waals surface area contributed by atoms with E-state index in [1.165, 1.54) is 30.5 Å². The average molecular weight is 538 g/mol. The fourth-order valence-corrected chi connectivity index (χ4v) is 4.60. The number of rotatable bonds is 7. The van der Waals surface area contributed by atoms with Crippen LogP contribution in [0.25, 0.3) is 22.2 Å². The third kappa shape index (κ3) is 5.59. The number of piperazine rings is 1. The fourth-order valence-electron chi connectivity index (χ4n) is 4.60. The fraction of sp³-hybridized carbons (Fsp3) is 0.321. The second-order valence-electron chi connectivity index (χ2n) is 10.0. The zero-order chi connectivity index (χ0) is 27.7. The zero-order valence-electron chi connectivity index (χ0n) is 22.0. The molecule has 1 aliphatic heterocycles. The lowest BCUT2D eigenvalue weighted by Gasteiger charge is -2.34. The van der Waals surface area contributed by atoms with E-state index in [2.05, 4.69) is 30.7 Å². The molecule has 1 saturated heterocycles. The number of anilines is 2. The molecule has 3 heterocycles. The highest BCUT2D eigenvalue weighted by Gasteiger charge is 2.23. The Morgan fingerprint density at radius 1 is 1.08 bits per heavy atom. The van der Waals surface area contributed by atoms with E-state index in [0.29, 0.717) is 41.8 Å². The minimum atomic E-state index is -0.751. The molecule has 0 saturated carbocycles. The lowest BCUT2D eigenvalue weighted by Crippen LogP contribution is -2.44. The normalized spacial score (nSPS) is 14.4. The van der Waals surface area contributed by atoms with Gasteiger partial charge in [-0.05, 0) is 42.9 Å². The van der Waals surface area contributed by atoms with Crippen molar-refractivity contribution in [2.45, 2.75) is 26.4 Å². The molecule has 11 heteroatoms. The molecule has 204 valence electrons. The van der Waals surface area contributed by atoms with Crippen LogP contribution in [0, 0.1) is 17.5 Å². The first-order chi connectivity index (χ1) is 18.7. The predicted molar refractivity (Wildman–Crippen MR) is 145 cm³/mol. The van der Waals surface area contributed by atoms with Gasteiger partial charge in [0.1, 0.15) is 11.6 Å². The number of halogens is 3. The molecule has 0 unspecified atom stereocenters. The van der Waals surface area contributed by atoms with E-state index >= 15 is 4.39 Å². The number of likely N-dealkylation sites (N-methyl/N-ethyl adjacent to an activating group) is 1. The number of benzene rings is 2. The van der Waals surface area contributed by atoms with Crippen LogP contribution in [-0.4, -0.2) is 65.3 Å². The Kier molecular flexibility index (Phi) is 7.53. The van der Waals surface area contributed by atoms with Gasteiger partial charge in [-0.3, -0.25) is 14.9 Å². The summed E-state index contributed by atoms with van der Waals surface area (Å²) in [6.07, 6.45) is 1.38. The van der Waals surface area contributed by atoms with Crippen molar-refractivity contribution in [3.05, 3.63) is 71.2 Å². The maximum atomic E-state index is 15.4. The number of hydrogen-bond donors (Lipinski definition) is 3. The number of carbonyl (C=O) groups is 1. The van der Waals surface area contributed by atoms with Gasteiger partial charge in [-0.15, -0.1) is 0 Å². The number of H-pyrrole nitrogens is 1. The summed E-state index contributed by atoms with van der Waals surface area (Å²) in [6, 6.07) is 8.86. The molecule has 2 aromatic heterocycles. The highest BCUT2D eigenvalue weighted by molar-refractivity contribution is 6.08. The standard InChI is InChI=1S/C28H30F3N7O/c1-16(2)32-14-17-11-20(29)25(21(30)12-17)22-13-19-23(15-33-22)35-36-27(19)34-28(39)18-5-4-6-24(26(18)31)38-9-7-37(3)8-10-38/h4-6,11-13,15-16,32H,7-10,14H2,1-3H3,(H2,34,35,36,39). The second-order valence-corrected chi connectivity index (χ2v) is 10.0. The van der Waals surface area contributed by atoms with E-state index in [1.807, 2.05) is 25.8 Å². The molecule has 1 amide bonds. The van der Waals surface area contributed by atoms with Crippen LogP contribution < -0.4 is 15.5 Å². The topological polar surface area (TPSA) is 89.2 Å². The smallest absolute Gasteiger partial charge is 0.259 e. The molecule has 0 aliphatic carbocycles. The number of nitrogens with one attached hydrogen (secondary N) is 3. The van der Waals surface area contributed by atoms with E-state index in [-0.39, 0.29) is 28.7 Å². The van der Waals surface area contributed by atoms with Crippen LogP contribution in [0.2, 0.25) is 0 Å². The van der Waals surface area contributed by atoms with Crippen LogP contribution in [0.1, 0.15) is 29.8 Å². The number of nitrogens with zero attached hydrogens (tertiary/aromatic N) is 4. The largest absolute Gasteiger partial charge is 0.367 e. The van der Waals surface area contributed by atoms with Gasteiger partial charge in [-0.1, -0.05) is 19.9 Å². The molecule has 0 bridgehead atoms. The molecule has 4 aromatic rings. The molecule has 3 N–H and O–H groups in total. The van der Waals surface area contributed by atoms with Crippen molar-refractivity contribution in [2.75, 3.05) is 43.4 Å². The SMILES string of the molecule is CC(C)NCc1cc(F)c(-c2cc3c(NC(=O)c4cccc(N5CCN(C)CC5)c4F)n[nH]c3cn2)c(F)c1. The lowest BCUT2D eigenvalue weighted by molar-refractivity contribution is 0.102. The van der Waals surface area contributed by atoms with Gasteiger partial charge in [0, 0.05) is 44.2 Å². The van der Waals surface area contributed by atoms with Crippen LogP contribution in [0.15, 0.2) is 42.6 Å². The van der Waals surface area contributed by atoms with Crippen molar-refractivity contribution in [2.24, 2.45) is 0 Å². The molecular formula is C28H30F3N7O. The molecule has 8 nitrogen and oxygen atoms in total. The number of amides is 1. The average Bonchev–Trinajstić information content (AvgIpc) is 3.29. The Morgan fingerprint density at radius 3 is 2.49 bits per heavy atom. The Labute approximate surface area is 224 Å². The van der Waals surface area contributed by atoms with Crippen molar-refractivity contribution in [1.82, 2.24) is 25.4 Å². The monoisotopic (exact) mass is 537 g/mol. The van der Waals surface area contributed by atoms with Crippen molar-refractivity contribution < 1.29 is 18.0 Å². The highest BCUT2D eigenvalue weighted by atomic mass is 19.1. The molecular weight excluding hydrogens is 507 g/mol. The molecule has 2 aromatic carbocycles. The van der Waals surface area contributed by atoms with Crippen LogP contribution in [-0.2, 0) is 6.54 Å². The quantitative estimate of drug-likeness (QED) is 0.321. The number of fused-ring (bicyclic) bond motifs is 1. The van der Waals surface area contributed by atoms with E-state index in [0.717, 1.165) is 13.1 Å². The first-order valence-corrected chi connectivity index (χ1v) is 12.8. The van der Waals surface area contributed by atoms with Crippen molar-refractivity contribution in [3.63, 3.8) is 0 Å².